The Labute approximate surface area is 106 Å². The van der Waals surface area contributed by atoms with Gasteiger partial charge < -0.3 is 4.74 Å². The molecule has 0 saturated carbocycles. The zero-order valence-corrected chi connectivity index (χ0v) is 12.1. The Hall–Kier alpha value is -0.970. The van der Waals surface area contributed by atoms with Crippen LogP contribution in [0.25, 0.3) is 0 Å². The number of hydrogen-bond acceptors (Lipinski definition) is 2. The summed E-state index contributed by atoms with van der Waals surface area (Å²) in [5, 5.41) is 0. The highest BCUT2D eigenvalue weighted by Crippen LogP contribution is 2.18. The van der Waals surface area contributed by atoms with Gasteiger partial charge in [-0.3, -0.25) is 4.79 Å². The summed E-state index contributed by atoms with van der Waals surface area (Å²) in [7, 11) is 0. The van der Waals surface area contributed by atoms with Crippen molar-refractivity contribution in [2.24, 2.45) is 11.3 Å². The molecule has 17 heavy (non-hydrogen) atoms. The Morgan fingerprint density at radius 1 is 1.29 bits per heavy atom. The molecule has 0 rings (SSSR count). The first kappa shape index (κ1) is 16.0. The van der Waals surface area contributed by atoms with Crippen molar-refractivity contribution in [1.82, 2.24) is 0 Å². The maximum Gasteiger partial charge on any atom is 0.312 e. The van der Waals surface area contributed by atoms with Gasteiger partial charge in [0.2, 0.25) is 0 Å². The summed E-state index contributed by atoms with van der Waals surface area (Å²) in [6, 6.07) is 0. The molecule has 0 aliphatic heterocycles. The van der Waals surface area contributed by atoms with E-state index in [-0.39, 0.29) is 18.0 Å². The van der Waals surface area contributed by atoms with E-state index >= 15 is 0 Å². The van der Waals surface area contributed by atoms with E-state index < -0.39 is 5.41 Å². The van der Waals surface area contributed by atoms with Gasteiger partial charge in [-0.25, -0.2) is 0 Å². The fourth-order valence-electron chi connectivity index (χ4n) is 1.06. The molecule has 0 aromatic carbocycles. The Balaban J connectivity index is 4.43. The topological polar surface area (TPSA) is 26.3 Å². The van der Waals surface area contributed by atoms with Crippen LogP contribution in [0.15, 0.2) is 0 Å². The summed E-state index contributed by atoms with van der Waals surface area (Å²) in [4.78, 5) is 11.8. The minimum atomic E-state index is -0.460. The van der Waals surface area contributed by atoms with Crippen molar-refractivity contribution < 1.29 is 9.53 Å². The minimum absolute atomic E-state index is 0.180. The number of rotatable bonds is 4. The third-order valence-corrected chi connectivity index (χ3v) is 2.35. The molecule has 0 bridgehead atoms. The lowest BCUT2D eigenvalue weighted by molar-refractivity contribution is -0.157. The number of esters is 1. The normalized spacial score (nSPS) is 12.9. The zero-order chi connectivity index (χ0) is 13.5. The first-order valence-corrected chi connectivity index (χ1v) is 6.48. The standard InChI is InChI=1S/C15H26O2/c1-7-8-9-10-11-13(12(2)3)17-14(16)15(4,5)6/h12-13H,7-9H2,1-6H3. The maximum atomic E-state index is 11.8. The summed E-state index contributed by atoms with van der Waals surface area (Å²) in [5.74, 6) is 6.21. The van der Waals surface area contributed by atoms with Gasteiger partial charge >= 0.3 is 5.97 Å². The second-order valence-electron chi connectivity index (χ2n) is 5.74. The molecule has 1 atom stereocenters. The number of carbonyl (C=O) groups excluding carboxylic acids is 1. The smallest absolute Gasteiger partial charge is 0.312 e. The molecule has 0 fully saturated rings. The van der Waals surface area contributed by atoms with E-state index in [2.05, 4.69) is 18.8 Å². The predicted octanol–water partition coefficient (Wildman–Crippen LogP) is 3.79. The molecule has 0 aromatic heterocycles. The highest BCUT2D eigenvalue weighted by Gasteiger charge is 2.26. The average molecular weight is 238 g/mol. The van der Waals surface area contributed by atoms with Crippen molar-refractivity contribution in [1.29, 1.82) is 0 Å². The molecular weight excluding hydrogens is 212 g/mol. The summed E-state index contributed by atoms with van der Waals surface area (Å²) < 4.78 is 5.44. The molecule has 0 radical (unpaired) electrons. The lowest BCUT2D eigenvalue weighted by atomic mass is 9.97. The van der Waals surface area contributed by atoms with Crippen molar-refractivity contribution in [2.45, 2.75) is 66.9 Å². The summed E-state index contributed by atoms with van der Waals surface area (Å²) in [6.07, 6.45) is 2.85. The molecule has 1 unspecified atom stereocenters. The highest BCUT2D eigenvalue weighted by molar-refractivity contribution is 5.75. The maximum absolute atomic E-state index is 11.8. The zero-order valence-electron chi connectivity index (χ0n) is 12.1. The van der Waals surface area contributed by atoms with Crippen LogP contribution in [0.1, 0.15) is 60.8 Å². The minimum Gasteiger partial charge on any atom is -0.448 e. The molecule has 2 nitrogen and oxygen atoms in total. The van der Waals surface area contributed by atoms with Crippen molar-refractivity contribution in [3.05, 3.63) is 0 Å². The van der Waals surface area contributed by atoms with E-state index in [1.165, 1.54) is 0 Å². The van der Waals surface area contributed by atoms with Gasteiger partial charge in [0.05, 0.1) is 5.41 Å². The van der Waals surface area contributed by atoms with E-state index in [4.69, 9.17) is 4.74 Å². The van der Waals surface area contributed by atoms with E-state index in [1.807, 2.05) is 34.6 Å². The van der Waals surface area contributed by atoms with Crippen LogP contribution in [0.4, 0.5) is 0 Å². The predicted molar refractivity (Wildman–Crippen MR) is 71.5 cm³/mol. The van der Waals surface area contributed by atoms with Crippen molar-refractivity contribution >= 4 is 5.97 Å². The monoisotopic (exact) mass is 238 g/mol. The second-order valence-corrected chi connectivity index (χ2v) is 5.74. The van der Waals surface area contributed by atoms with Crippen molar-refractivity contribution in [3.8, 4) is 11.8 Å². The SMILES string of the molecule is CCCCC#CC(OC(=O)C(C)(C)C)C(C)C. The fraction of sp³-hybridized carbons (Fsp3) is 0.800. The van der Waals surface area contributed by atoms with Crippen LogP contribution < -0.4 is 0 Å². The molecule has 0 aromatic rings. The largest absolute Gasteiger partial charge is 0.448 e. The Morgan fingerprint density at radius 3 is 2.29 bits per heavy atom. The number of ether oxygens (including phenoxy) is 1. The van der Waals surface area contributed by atoms with Gasteiger partial charge in [0.25, 0.3) is 0 Å². The molecule has 0 amide bonds. The van der Waals surface area contributed by atoms with Gasteiger partial charge in [-0.1, -0.05) is 39.0 Å². The number of hydrogen-bond donors (Lipinski definition) is 0. The van der Waals surface area contributed by atoms with Crippen molar-refractivity contribution in [2.75, 3.05) is 0 Å². The van der Waals surface area contributed by atoms with Gasteiger partial charge in [0.15, 0.2) is 6.10 Å². The van der Waals surface area contributed by atoms with Gasteiger partial charge in [-0.15, -0.1) is 0 Å². The summed E-state index contributed by atoms with van der Waals surface area (Å²) in [5.41, 5.74) is -0.460. The van der Waals surface area contributed by atoms with Crippen molar-refractivity contribution in [3.63, 3.8) is 0 Å². The third-order valence-electron chi connectivity index (χ3n) is 2.35. The number of carbonyl (C=O) groups is 1. The Morgan fingerprint density at radius 2 is 1.88 bits per heavy atom. The first-order valence-electron chi connectivity index (χ1n) is 6.48. The van der Waals surface area contributed by atoms with E-state index in [9.17, 15) is 4.79 Å². The Bertz CT molecular complexity index is 286. The molecule has 2 heteroatoms. The fourth-order valence-corrected chi connectivity index (χ4v) is 1.06. The quantitative estimate of drug-likeness (QED) is 0.423. The van der Waals surface area contributed by atoms with Crippen LogP contribution in [0.5, 0.6) is 0 Å². The molecule has 0 saturated heterocycles. The summed E-state index contributed by atoms with van der Waals surface area (Å²) in [6.45, 7) is 11.8. The molecular formula is C15H26O2. The van der Waals surface area contributed by atoms with E-state index in [1.54, 1.807) is 0 Å². The van der Waals surface area contributed by atoms with Crippen LogP contribution >= 0.6 is 0 Å². The lowest BCUT2D eigenvalue weighted by Crippen LogP contribution is -2.30. The van der Waals surface area contributed by atoms with Crippen LogP contribution in [-0.4, -0.2) is 12.1 Å². The van der Waals surface area contributed by atoms with Crippen LogP contribution in [-0.2, 0) is 9.53 Å². The summed E-state index contributed by atoms with van der Waals surface area (Å²) >= 11 is 0. The average Bonchev–Trinajstić information content (AvgIpc) is 2.20. The third kappa shape index (κ3) is 7.05. The van der Waals surface area contributed by atoms with E-state index in [0.717, 1.165) is 19.3 Å². The van der Waals surface area contributed by atoms with Gasteiger partial charge in [0.1, 0.15) is 0 Å². The Kier molecular flexibility index (Phi) is 6.95. The lowest BCUT2D eigenvalue weighted by Gasteiger charge is -2.22. The van der Waals surface area contributed by atoms with Crippen LogP contribution in [0, 0.1) is 23.2 Å². The first-order chi connectivity index (χ1) is 7.79. The van der Waals surface area contributed by atoms with Gasteiger partial charge in [-0.2, -0.15) is 0 Å². The van der Waals surface area contributed by atoms with Crippen LogP contribution in [0.2, 0.25) is 0 Å². The molecule has 0 N–H and O–H groups in total. The molecule has 0 heterocycles. The molecule has 0 spiro atoms. The molecule has 0 aliphatic carbocycles. The highest BCUT2D eigenvalue weighted by atomic mass is 16.5. The van der Waals surface area contributed by atoms with Crippen LogP contribution in [0.3, 0.4) is 0 Å². The molecule has 0 aliphatic rings. The molecule has 98 valence electrons. The van der Waals surface area contributed by atoms with E-state index in [0.29, 0.717) is 0 Å². The number of unbranched alkanes of at least 4 members (excludes halogenated alkanes) is 2. The van der Waals surface area contributed by atoms with Gasteiger partial charge in [0, 0.05) is 12.3 Å². The second kappa shape index (κ2) is 7.37. The van der Waals surface area contributed by atoms with Gasteiger partial charge in [-0.05, 0) is 27.2 Å².